The molecule has 3 amide bonds. The fraction of sp³-hybridized carbons (Fsp3) is 0.333. The topological polar surface area (TPSA) is 61.4 Å². The normalized spacial score (nSPS) is 9.89. The lowest BCUT2D eigenvalue weighted by Crippen LogP contribution is -2.38. The number of imide groups is 1. The first kappa shape index (κ1) is 14.9. The van der Waals surface area contributed by atoms with Gasteiger partial charge in [-0.3, -0.25) is 10.1 Å². The van der Waals surface area contributed by atoms with Gasteiger partial charge in [-0.15, -0.1) is 0 Å². The molecule has 0 aromatic heterocycles. The number of anilines is 1. The Morgan fingerprint density at radius 2 is 1.95 bits per heavy atom. The fourth-order valence-corrected chi connectivity index (χ4v) is 1.37. The van der Waals surface area contributed by atoms with Crippen molar-refractivity contribution in [2.75, 3.05) is 25.5 Å². The van der Waals surface area contributed by atoms with Gasteiger partial charge in [-0.25, -0.2) is 13.6 Å². The van der Waals surface area contributed by atoms with Gasteiger partial charge >= 0.3 is 6.03 Å². The smallest absolute Gasteiger partial charge is 0.321 e. The highest BCUT2D eigenvalue weighted by atomic mass is 19.2. The molecule has 0 atom stereocenters. The largest absolute Gasteiger partial charge is 0.374 e. The number of rotatable bonds is 4. The number of carbonyl (C=O) groups is 2. The molecule has 1 rings (SSSR count). The van der Waals surface area contributed by atoms with Gasteiger partial charge in [0.05, 0.1) is 0 Å². The van der Waals surface area contributed by atoms with E-state index in [1.54, 1.807) is 11.9 Å². The molecule has 0 radical (unpaired) electrons. The number of urea groups is 1. The van der Waals surface area contributed by atoms with Crippen LogP contribution in [0.25, 0.3) is 0 Å². The molecule has 0 bridgehead atoms. The summed E-state index contributed by atoms with van der Waals surface area (Å²) in [6, 6.07) is 2.90. The number of carbonyl (C=O) groups excluding carboxylic acids is 2. The first-order valence-electron chi connectivity index (χ1n) is 5.61. The zero-order valence-corrected chi connectivity index (χ0v) is 10.7. The van der Waals surface area contributed by atoms with Crippen molar-refractivity contribution in [1.29, 1.82) is 0 Å². The minimum Gasteiger partial charge on any atom is -0.374 e. The summed E-state index contributed by atoms with van der Waals surface area (Å²) in [6.07, 6.45) is 0.0584. The second kappa shape index (κ2) is 6.67. The van der Waals surface area contributed by atoms with Gasteiger partial charge in [-0.1, -0.05) is 0 Å². The maximum atomic E-state index is 13.0. The SMILES string of the molecule is CNC(=O)NC(=O)CCN(C)c1ccc(F)c(F)c1. The van der Waals surface area contributed by atoms with Crippen LogP contribution in [0.5, 0.6) is 0 Å². The maximum absolute atomic E-state index is 13.0. The van der Waals surface area contributed by atoms with E-state index in [2.05, 4.69) is 10.6 Å². The van der Waals surface area contributed by atoms with E-state index in [1.807, 2.05) is 0 Å². The van der Waals surface area contributed by atoms with E-state index in [1.165, 1.54) is 13.1 Å². The van der Waals surface area contributed by atoms with Crippen LogP contribution >= 0.6 is 0 Å². The van der Waals surface area contributed by atoms with E-state index in [9.17, 15) is 18.4 Å². The molecular formula is C12H15F2N3O2. The molecule has 0 aliphatic carbocycles. The van der Waals surface area contributed by atoms with Crippen LogP contribution in [0.3, 0.4) is 0 Å². The van der Waals surface area contributed by atoms with Gasteiger partial charge < -0.3 is 10.2 Å². The Bertz CT molecular complexity index is 480. The Morgan fingerprint density at radius 3 is 2.53 bits per heavy atom. The van der Waals surface area contributed by atoms with Crippen molar-refractivity contribution < 1.29 is 18.4 Å². The van der Waals surface area contributed by atoms with E-state index in [-0.39, 0.29) is 13.0 Å². The molecule has 1 aromatic rings. The van der Waals surface area contributed by atoms with Crippen molar-refractivity contribution in [3.8, 4) is 0 Å². The quantitative estimate of drug-likeness (QED) is 0.866. The standard InChI is InChI=1S/C12H15F2N3O2/c1-15-12(19)16-11(18)5-6-17(2)8-3-4-9(13)10(14)7-8/h3-4,7H,5-6H2,1-2H3,(H2,15,16,18,19). The summed E-state index contributed by atoms with van der Waals surface area (Å²) in [5, 5.41) is 4.36. The zero-order chi connectivity index (χ0) is 14.4. The van der Waals surface area contributed by atoms with E-state index < -0.39 is 23.6 Å². The lowest BCUT2D eigenvalue weighted by Gasteiger charge is -2.18. The highest BCUT2D eigenvalue weighted by molar-refractivity contribution is 5.94. The van der Waals surface area contributed by atoms with Gasteiger partial charge in [0.1, 0.15) is 0 Å². The third-order valence-electron chi connectivity index (χ3n) is 2.50. The molecule has 0 saturated carbocycles. The molecular weight excluding hydrogens is 256 g/mol. The second-order valence-electron chi connectivity index (χ2n) is 3.90. The third-order valence-corrected chi connectivity index (χ3v) is 2.50. The van der Waals surface area contributed by atoms with Crippen LogP contribution in [0.15, 0.2) is 18.2 Å². The molecule has 104 valence electrons. The van der Waals surface area contributed by atoms with Gasteiger partial charge in [0, 0.05) is 38.8 Å². The summed E-state index contributed by atoms with van der Waals surface area (Å²) >= 11 is 0. The Kier molecular flexibility index (Phi) is 5.23. The fourth-order valence-electron chi connectivity index (χ4n) is 1.37. The van der Waals surface area contributed by atoms with Gasteiger partial charge in [-0.05, 0) is 12.1 Å². The van der Waals surface area contributed by atoms with Gasteiger partial charge in [0.2, 0.25) is 5.91 Å². The van der Waals surface area contributed by atoms with E-state index >= 15 is 0 Å². The van der Waals surface area contributed by atoms with Gasteiger partial charge in [-0.2, -0.15) is 0 Å². The number of amides is 3. The van der Waals surface area contributed by atoms with Crippen molar-refractivity contribution >= 4 is 17.6 Å². The Morgan fingerprint density at radius 1 is 1.26 bits per heavy atom. The molecule has 0 aliphatic heterocycles. The molecule has 0 saturated heterocycles. The lowest BCUT2D eigenvalue weighted by atomic mass is 10.2. The molecule has 19 heavy (non-hydrogen) atoms. The number of nitrogens with one attached hydrogen (secondary N) is 2. The van der Waals surface area contributed by atoms with Crippen LogP contribution < -0.4 is 15.5 Å². The highest BCUT2D eigenvalue weighted by Crippen LogP contribution is 2.16. The molecule has 0 fully saturated rings. The molecule has 0 heterocycles. The van der Waals surface area contributed by atoms with Crippen molar-refractivity contribution in [3.63, 3.8) is 0 Å². The van der Waals surface area contributed by atoms with Crippen LogP contribution in [0.4, 0.5) is 19.3 Å². The van der Waals surface area contributed by atoms with Crippen LogP contribution in [0.2, 0.25) is 0 Å². The van der Waals surface area contributed by atoms with E-state index in [4.69, 9.17) is 0 Å². The van der Waals surface area contributed by atoms with Crippen molar-refractivity contribution in [1.82, 2.24) is 10.6 Å². The lowest BCUT2D eigenvalue weighted by molar-refractivity contribution is -0.119. The minimum atomic E-state index is -0.945. The first-order valence-corrected chi connectivity index (χ1v) is 5.61. The summed E-state index contributed by atoms with van der Waals surface area (Å²) in [4.78, 5) is 23.8. The third kappa shape index (κ3) is 4.53. The van der Waals surface area contributed by atoms with Crippen molar-refractivity contribution in [2.45, 2.75) is 6.42 Å². The van der Waals surface area contributed by atoms with Crippen molar-refractivity contribution in [2.24, 2.45) is 0 Å². The first-order chi connectivity index (χ1) is 8.93. The van der Waals surface area contributed by atoms with Crippen LogP contribution in [-0.4, -0.2) is 32.6 Å². The number of halogens is 2. The Hall–Kier alpha value is -2.18. The minimum absolute atomic E-state index is 0.0584. The molecule has 1 aromatic carbocycles. The summed E-state index contributed by atoms with van der Waals surface area (Å²) in [6.45, 7) is 0.272. The summed E-state index contributed by atoms with van der Waals surface area (Å²) in [5.41, 5.74) is 0.451. The van der Waals surface area contributed by atoms with E-state index in [0.29, 0.717) is 5.69 Å². The van der Waals surface area contributed by atoms with Gasteiger partial charge in [0.25, 0.3) is 0 Å². The monoisotopic (exact) mass is 271 g/mol. The van der Waals surface area contributed by atoms with Gasteiger partial charge in [0.15, 0.2) is 11.6 Å². The average Bonchev–Trinajstić information content (AvgIpc) is 2.39. The number of hydrogen-bond acceptors (Lipinski definition) is 3. The van der Waals surface area contributed by atoms with Crippen LogP contribution in [0.1, 0.15) is 6.42 Å². The maximum Gasteiger partial charge on any atom is 0.321 e. The molecule has 7 heteroatoms. The Labute approximate surface area is 109 Å². The molecule has 0 unspecified atom stereocenters. The van der Waals surface area contributed by atoms with Crippen molar-refractivity contribution in [3.05, 3.63) is 29.8 Å². The predicted molar refractivity (Wildman–Crippen MR) is 66.8 cm³/mol. The van der Waals surface area contributed by atoms with E-state index in [0.717, 1.165) is 12.1 Å². The predicted octanol–water partition coefficient (Wildman–Crippen LogP) is 1.25. The molecule has 5 nitrogen and oxygen atoms in total. The molecule has 0 aliphatic rings. The Balaban J connectivity index is 2.51. The molecule has 0 spiro atoms. The number of benzene rings is 1. The highest BCUT2D eigenvalue weighted by Gasteiger charge is 2.10. The summed E-state index contributed by atoms with van der Waals surface area (Å²) < 4.78 is 25.8. The van der Waals surface area contributed by atoms with Crippen LogP contribution in [-0.2, 0) is 4.79 Å². The second-order valence-corrected chi connectivity index (χ2v) is 3.90. The zero-order valence-electron chi connectivity index (χ0n) is 10.7. The number of nitrogens with zero attached hydrogens (tertiary/aromatic N) is 1. The average molecular weight is 271 g/mol. The number of hydrogen-bond donors (Lipinski definition) is 2. The summed E-state index contributed by atoms with van der Waals surface area (Å²) in [5.74, 6) is -2.32. The summed E-state index contributed by atoms with van der Waals surface area (Å²) in [7, 11) is 3.04. The van der Waals surface area contributed by atoms with Crippen LogP contribution in [0, 0.1) is 11.6 Å². The molecule has 2 N–H and O–H groups in total.